The van der Waals surface area contributed by atoms with Crippen LogP contribution >= 0.6 is 11.6 Å². The standard InChI is InChI=1S/C24H16ClNO5/c25-19-13-16(26-23(27)15-5-8-21-22(12-15)30-10-9-29-21)6-7-17(19)18-11-14-3-1-2-4-20(14)31-24(18)28/h1-8,11-13H,9-10H2,(H,26,27). The third-order valence-electron chi connectivity index (χ3n) is 4.96. The van der Waals surface area contributed by atoms with E-state index in [1.165, 1.54) is 0 Å². The van der Waals surface area contributed by atoms with Crippen molar-refractivity contribution in [2.24, 2.45) is 0 Å². The van der Waals surface area contributed by atoms with E-state index >= 15 is 0 Å². The Hall–Kier alpha value is -3.77. The molecule has 1 aromatic heterocycles. The van der Waals surface area contributed by atoms with Crippen molar-refractivity contribution in [1.82, 2.24) is 0 Å². The first-order chi connectivity index (χ1) is 15.1. The molecule has 6 nitrogen and oxygen atoms in total. The van der Waals surface area contributed by atoms with Gasteiger partial charge in [-0.05, 0) is 42.5 Å². The number of fused-ring (bicyclic) bond motifs is 2. The number of nitrogens with one attached hydrogen (secondary N) is 1. The fourth-order valence-corrected chi connectivity index (χ4v) is 3.73. The molecule has 0 radical (unpaired) electrons. The lowest BCUT2D eigenvalue weighted by atomic mass is 10.1. The second-order valence-electron chi connectivity index (χ2n) is 6.99. The molecule has 0 bridgehead atoms. The van der Waals surface area contributed by atoms with Crippen LogP contribution in [0.4, 0.5) is 5.69 Å². The number of ether oxygens (including phenoxy) is 2. The average Bonchev–Trinajstić information content (AvgIpc) is 2.78. The van der Waals surface area contributed by atoms with Gasteiger partial charge in [-0.2, -0.15) is 0 Å². The topological polar surface area (TPSA) is 77.8 Å². The van der Waals surface area contributed by atoms with Crippen LogP contribution < -0.4 is 20.4 Å². The number of halogens is 1. The number of carbonyl (C=O) groups excluding carboxylic acids is 1. The molecule has 1 amide bonds. The van der Waals surface area contributed by atoms with Crippen molar-refractivity contribution in [1.29, 1.82) is 0 Å². The van der Waals surface area contributed by atoms with Gasteiger partial charge in [0.2, 0.25) is 0 Å². The molecular weight excluding hydrogens is 418 g/mol. The Morgan fingerprint density at radius 3 is 2.52 bits per heavy atom. The Morgan fingerprint density at radius 1 is 0.871 bits per heavy atom. The number of para-hydroxylation sites is 1. The number of hydrogen-bond donors (Lipinski definition) is 1. The third-order valence-corrected chi connectivity index (χ3v) is 5.28. The number of hydrogen-bond acceptors (Lipinski definition) is 5. The van der Waals surface area contributed by atoms with Crippen LogP contribution in [0.25, 0.3) is 22.1 Å². The zero-order valence-corrected chi connectivity index (χ0v) is 16.9. The highest BCUT2D eigenvalue weighted by molar-refractivity contribution is 6.33. The molecule has 0 atom stereocenters. The van der Waals surface area contributed by atoms with Gasteiger partial charge in [0, 0.05) is 22.2 Å². The van der Waals surface area contributed by atoms with Gasteiger partial charge < -0.3 is 19.2 Å². The minimum Gasteiger partial charge on any atom is -0.486 e. The highest BCUT2D eigenvalue weighted by Crippen LogP contribution is 2.32. The lowest BCUT2D eigenvalue weighted by Gasteiger charge is -2.18. The van der Waals surface area contributed by atoms with Crippen molar-refractivity contribution < 1.29 is 18.7 Å². The van der Waals surface area contributed by atoms with Crippen LogP contribution in [0, 0.1) is 0 Å². The predicted molar refractivity (Wildman–Crippen MR) is 118 cm³/mol. The monoisotopic (exact) mass is 433 g/mol. The van der Waals surface area contributed by atoms with E-state index in [9.17, 15) is 9.59 Å². The van der Waals surface area contributed by atoms with Crippen LogP contribution in [-0.4, -0.2) is 19.1 Å². The molecule has 4 aromatic rings. The Kier molecular flexibility index (Phi) is 4.84. The molecule has 0 spiro atoms. The minimum absolute atomic E-state index is 0.314. The molecule has 5 rings (SSSR count). The highest BCUT2D eigenvalue weighted by atomic mass is 35.5. The van der Waals surface area contributed by atoms with Crippen LogP contribution in [0.3, 0.4) is 0 Å². The van der Waals surface area contributed by atoms with E-state index in [0.29, 0.717) is 57.7 Å². The SMILES string of the molecule is O=C(Nc1ccc(-c2cc3ccccc3oc2=O)c(Cl)c1)c1ccc2c(c1)OCCO2. The summed E-state index contributed by atoms with van der Waals surface area (Å²) in [5.74, 6) is 0.839. The van der Waals surface area contributed by atoms with Gasteiger partial charge in [0.15, 0.2) is 11.5 Å². The third kappa shape index (κ3) is 3.73. The van der Waals surface area contributed by atoms with Crippen LogP contribution in [0.1, 0.15) is 10.4 Å². The molecule has 2 heterocycles. The Morgan fingerprint density at radius 2 is 1.68 bits per heavy atom. The lowest BCUT2D eigenvalue weighted by molar-refractivity contribution is 0.102. The first-order valence-corrected chi connectivity index (χ1v) is 10.00. The van der Waals surface area contributed by atoms with Gasteiger partial charge in [-0.3, -0.25) is 4.79 Å². The van der Waals surface area contributed by atoms with E-state index in [-0.39, 0.29) is 5.91 Å². The van der Waals surface area contributed by atoms with E-state index in [1.807, 2.05) is 12.1 Å². The molecule has 0 unspecified atom stereocenters. The van der Waals surface area contributed by atoms with E-state index in [1.54, 1.807) is 54.6 Å². The first kappa shape index (κ1) is 19.2. The van der Waals surface area contributed by atoms with Crippen molar-refractivity contribution in [3.8, 4) is 22.6 Å². The molecule has 154 valence electrons. The smallest absolute Gasteiger partial charge is 0.344 e. The van der Waals surface area contributed by atoms with Gasteiger partial charge in [-0.1, -0.05) is 35.9 Å². The van der Waals surface area contributed by atoms with Gasteiger partial charge in [0.05, 0.1) is 10.6 Å². The lowest BCUT2D eigenvalue weighted by Crippen LogP contribution is -2.17. The van der Waals surface area contributed by atoms with Crippen LogP contribution in [-0.2, 0) is 0 Å². The average molecular weight is 434 g/mol. The normalized spacial score (nSPS) is 12.5. The first-order valence-electron chi connectivity index (χ1n) is 9.62. The summed E-state index contributed by atoms with van der Waals surface area (Å²) in [6.07, 6.45) is 0. The van der Waals surface area contributed by atoms with Gasteiger partial charge in [0.1, 0.15) is 18.8 Å². The fraction of sp³-hybridized carbons (Fsp3) is 0.0833. The highest BCUT2D eigenvalue weighted by Gasteiger charge is 2.16. The molecule has 1 aliphatic rings. The van der Waals surface area contributed by atoms with Crippen molar-refractivity contribution in [3.05, 3.63) is 87.7 Å². The van der Waals surface area contributed by atoms with Gasteiger partial charge in [-0.25, -0.2) is 4.79 Å². The number of rotatable bonds is 3. The summed E-state index contributed by atoms with van der Waals surface area (Å²) in [7, 11) is 0. The quantitative estimate of drug-likeness (QED) is 0.453. The number of amides is 1. The zero-order valence-electron chi connectivity index (χ0n) is 16.2. The van der Waals surface area contributed by atoms with Crippen molar-refractivity contribution in [2.45, 2.75) is 0 Å². The molecule has 0 aliphatic carbocycles. The minimum atomic E-state index is -0.478. The fourth-order valence-electron chi connectivity index (χ4n) is 3.45. The molecule has 1 N–H and O–H groups in total. The van der Waals surface area contributed by atoms with Crippen LogP contribution in [0.15, 0.2) is 75.9 Å². The molecule has 0 fully saturated rings. The molecule has 3 aromatic carbocycles. The molecule has 7 heteroatoms. The maximum atomic E-state index is 12.7. The number of anilines is 1. The zero-order chi connectivity index (χ0) is 21.4. The van der Waals surface area contributed by atoms with E-state index in [2.05, 4.69) is 5.32 Å². The number of carbonyl (C=O) groups is 1. The maximum absolute atomic E-state index is 12.7. The van der Waals surface area contributed by atoms with E-state index < -0.39 is 5.63 Å². The van der Waals surface area contributed by atoms with Crippen LogP contribution in [0.5, 0.6) is 11.5 Å². The maximum Gasteiger partial charge on any atom is 0.344 e. The molecule has 0 saturated carbocycles. The van der Waals surface area contributed by atoms with Gasteiger partial charge in [-0.15, -0.1) is 0 Å². The van der Waals surface area contributed by atoms with Crippen molar-refractivity contribution in [2.75, 3.05) is 18.5 Å². The second-order valence-corrected chi connectivity index (χ2v) is 7.40. The summed E-state index contributed by atoms with van der Waals surface area (Å²) in [6, 6.07) is 19.0. The van der Waals surface area contributed by atoms with Crippen molar-refractivity contribution in [3.63, 3.8) is 0 Å². The molecule has 31 heavy (non-hydrogen) atoms. The van der Waals surface area contributed by atoms with Crippen LogP contribution in [0.2, 0.25) is 5.02 Å². The Balaban J connectivity index is 1.42. The summed E-state index contributed by atoms with van der Waals surface area (Å²) in [5, 5.41) is 3.92. The molecule has 0 saturated heterocycles. The van der Waals surface area contributed by atoms with E-state index in [0.717, 1.165) is 5.39 Å². The summed E-state index contributed by atoms with van der Waals surface area (Å²) >= 11 is 6.44. The number of benzene rings is 3. The largest absolute Gasteiger partial charge is 0.486 e. The Bertz CT molecular complexity index is 1380. The second kappa shape index (κ2) is 7.81. The van der Waals surface area contributed by atoms with Gasteiger partial charge in [0.25, 0.3) is 5.91 Å². The summed E-state index contributed by atoms with van der Waals surface area (Å²) in [4.78, 5) is 25.1. The Labute approximate surface area is 182 Å². The molecule has 1 aliphatic heterocycles. The van der Waals surface area contributed by atoms with Crippen molar-refractivity contribution >= 4 is 34.2 Å². The van der Waals surface area contributed by atoms with Gasteiger partial charge >= 0.3 is 5.63 Å². The summed E-state index contributed by atoms with van der Waals surface area (Å²) in [5.41, 5.74) is 1.84. The predicted octanol–water partition coefficient (Wildman–Crippen LogP) is 5.14. The van der Waals surface area contributed by atoms with E-state index in [4.69, 9.17) is 25.5 Å². The molecular formula is C24H16ClNO5. The summed E-state index contributed by atoms with van der Waals surface area (Å²) < 4.78 is 16.4. The summed E-state index contributed by atoms with van der Waals surface area (Å²) in [6.45, 7) is 0.927.